The molecule has 0 spiro atoms. The molecule has 1 saturated heterocycles. The number of hydrogen-bond donors (Lipinski definition) is 0. The summed E-state index contributed by atoms with van der Waals surface area (Å²) in [5.74, 6) is 0.326. The SMILES string of the molecule is CN1CCN(CC(=O)c2ncccn2)CC1. The number of ketones is 1. The lowest BCUT2D eigenvalue weighted by Gasteiger charge is -2.31. The van der Waals surface area contributed by atoms with Crippen molar-refractivity contribution >= 4 is 5.78 Å². The van der Waals surface area contributed by atoms with Gasteiger partial charge in [0.25, 0.3) is 0 Å². The zero-order valence-electron chi connectivity index (χ0n) is 9.46. The van der Waals surface area contributed by atoms with E-state index in [4.69, 9.17) is 0 Å². The molecule has 0 aliphatic carbocycles. The summed E-state index contributed by atoms with van der Waals surface area (Å²) in [5.41, 5.74) is 0. The van der Waals surface area contributed by atoms with Crippen LogP contribution in [0.25, 0.3) is 0 Å². The smallest absolute Gasteiger partial charge is 0.213 e. The number of likely N-dealkylation sites (N-methyl/N-ethyl adjacent to an activating group) is 1. The van der Waals surface area contributed by atoms with Crippen molar-refractivity contribution in [3.63, 3.8) is 0 Å². The summed E-state index contributed by atoms with van der Waals surface area (Å²) in [7, 11) is 2.10. The molecule has 0 radical (unpaired) electrons. The number of aromatic nitrogens is 2. The van der Waals surface area contributed by atoms with Gasteiger partial charge in [-0.15, -0.1) is 0 Å². The molecule has 1 aliphatic heterocycles. The van der Waals surface area contributed by atoms with E-state index < -0.39 is 0 Å². The fraction of sp³-hybridized carbons (Fsp3) is 0.545. The Morgan fingerprint density at radius 3 is 2.50 bits per heavy atom. The molecule has 2 heterocycles. The van der Waals surface area contributed by atoms with Crippen molar-refractivity contribution in [2.45, 2.75) is 0 Å². The van der Waals surface area contributed by atoms with Crippen LogP contribution in [0, 0.1) is 0 Å². The zero-order valence-corrected chi connectivity index (χ0v) is 9.46. The molecule has 1 aromatic rings. The van der Waals surface area contributed by atoms with Crippen LogP contribution in [0.3, 0.4) is 0 Å². The van der Waals surface area contributed by atoms with Crippen LogP contribution < -0.4 is 0 Å². The van der Waals surface area contributed by atoms with E-state index in [0.29, 0.717) is 12.4 Å². The van der Waals surface area contributed by atoms with Gasteiger partial charge in [0.1, 0.15) is 0 Å². The lowest BCUT2D eigenvalue weighted by molar-refractivity contribution is 0.0866. The maximum atomic E-state index is 11.8. The molecule has 0 amide bonds. The summed E-state index contributed by atoms with van der Waals surface area (Å²) >= 11 is 0. The van der Waals surface area contributed by atoms with E-state index in [2.05, 4.69) is 26.8 Å². The minimum absolute atomic E-state index is 0.00477. The van der Waals surface area contributed by atoms with Crippen LogP contribution in [0.4, 0.5) is 0 Å². The Bertz CT molecular complexity index is 346. The van der Waals surface area contributed by atoms with Crippen LogP contribution in [0.15, 0.2) is 18.5 Å². The molecule has 0 bridgehead atoms. The van der Waals surface area contributed by atoms with Gasteiger partial charge in [-0.05, 0) is 13.1 Å². The normalized spacial score (nSPS) is 18.6. The summed E-state index contributed by atoms with van der Waals surface area (Å²) < 4.78 is 0. The van der Waals surface area contributed by atoms with Gasteiger partial charge in [-0.2, -0.15) is 0 Å². The standard InChI is InChI=1S/C11H16N4O/c1-14-5-7-15(8-6-14)9-10(16)11-12-3-2-4-13-11/h2-4H,5-9H2,1H3. The predicted octanol–water partition coefficient (Wildman–Crippen LogP) is -0.0933. The van der Waals surface area contributed by atoms with E-state index >= 15 is 0 Å². The number of Topliss-reactive ketones (excluding diaryl/α,β-unsaturated/α-hetero) is 1. The van der Waals surface area contributed by atoms with E-state index in [9.17, 15) is 4.79 Å². The fourth-order valence-corrected chi connectivity index (χ4v) is 1.72. The first kappa shape index (κ1) is 11.2. The molecular weight excluding hydrogens is 204 g/mol. The van der Waals surface area contributed by atoms with Crippen LogP contribution in [-0.4, -0.2) is 65.3 Å². The van der Waals surface area contributed by atoms with Crippen LogP contribution in [-0.2, 0) is 0 Å². The predicted molar refractivity (Wildman–Crippen MR) is 60.3 cm³/mol. The molecular formula is C11H16N4O. The average Bonchev–Trinajstić information content (AvgIpc) is 2.33. The highest BCUT2D eigenvalue weighted by Gasteiger charge is 2.18. The highest BCUT2D eigenvalue weighted by Crippen LogP contribution is 2.00. The average molecular weight is 220 g/mol. The Labute approximate surface area is 95.1 Å². The van der Waals surface area contributed by atoms with Crippen molar-refractivity contribution in [2.75, 3.05) is 39.8 Å². The first-order valence-electron chi connectivity index (χ1n) is 5.47. The second kappa shape index (κ2) is 5.14. The number of piperazine rings is 1. The monoisotopic (exact) mass is 220 g/mol. The van der Waals surface area contributed by atoms with E-state index in [1.807, 2.05) is 0 Å². The van der Waals surface area contributed by atoms with Gasteiger partial charge < -0.3 is 4.90 Å². The minimum atomic E-state index is 0.00477. The number of carbonyl (C=O) groups is 1. The quantitative estimate of drug-likeness (QED) is 0.666. The molecule has 1 aromatic heterocycles. The van der Waals surface area contributed by atoms with Crippen LogP contribution in [0.1, 0.15) is 10.6 Å². The molecule has 86 valence electrons. The van der Waals surface area contributed by atoms with Crippen LogP contribution in [0.2, 0.25) is 0 Å². The Morgan fingerprint density at radius 2 is 1.88 bits per heavy atom. The zero-order chi connectivity index (χ0) is 11.4. The molecule has 0 aromatic carbocycles. The molecule has 16 heavy (non-hydrogen) atoms. The third-order valence-electron chi connectivity index (χ3n) is 2.78. The molecule has 2 rings (SSSR count). The van der Waals surface area contributed by atoms with Gasteiger partial charge >= 0.3 is 0 Å². The second-order valence-corrected chi connectivity index (χ2v) is 4.07. The van der Waals surface area contributed by atoms with E-state index in [0.717, 1.165) is 26.2 Å². The molecule has 5 heteroatoms. The summed E-state index contributed by atoms with van der Waals surface area (Å²) in [6.45, 7) is 4.34. The number of nitrogens with zero attached hydrogens (tertiary/aromatic N) is 4. The van der Waals surface area contributed by atoms with Gasteiger partial charge in [0.15, 0.2) is 5.82 Å². The van der Waals surface area contributed by atoms with Gasteiger partial charge in [-0.25, -0.2) is 9.97 Å². The first-order valence-corrected chi connectivity index (χ1v) is 5.47. The third-order valence-corrected chi connectivity index (χ3v) is 2.78. The Kier molecular flexibility index (Phi) is 3.58. The molecule has 1 fully saturated rings. The highest BCUT2D eigenvalue weighted by molar-refractivity contribution is 5.94. The Balaban J connectivity index is 1.88. The summed E-state index contributed by atoms with van der Waals surface area (Å²) in [6, 6.07) is 1.71. The van der Waals surface area contributed by atoms with Gasteiger partial charge in [0.2, 0.25) is 5.78 Å². The highest BCUT2D eigenvalue weighted by atomic mass is 16.1. The van der Waals surface area contributed by atoms with E-state index in [1.165, 1.54) is 0 Å². The van der Waals surface area contributed by atoms with Crippen molar-refractivity contribution in [3.8, 4) is 0 Å². The van der Waals surface area contributed by atoms with Crippen molar-refractivity contribution in [1.82, 2.24) is 19.8 Å². The van der Waals surface area contributed by atoms with Gasteiger partial charge in [-0.1, -0.05) is 0 Å². The van der Waals surface area contributed by atoms with Gasteiger partial charge in [-0.3, -0.25) is 9.69 Å². The summed E-state index contributed by atoms with van der Waals surface area (Å²) in [6.07, 6.45) is 3.20. The number of rotatable bonds is 3. The van der Waals surface area contributed by atoms with Crippen molar-refractivity contribution < 1.29 is 4.79 Å². The maximum Gasteiger partial charge on any atom is 0.213 e. The Hall–Kier alpha value is -1.33. The largest absolute Gasteiger partial charge is 0.304 e. The lowest BCUT2D eigenvalue weighted by Crippen LogP contribution is -2.46. The van der Waals surface area contributed by atoms with Crippen LogP contribution in [0.5, 0.6) is 0 Å². The van der Waals surface area contributed by atoms with Gasteiger partial charge in [0.05, 0.1) is 6.54 Å². The molecule has 0 saturated carbocycles. The maximum absolute atomic E-state index is 11.8. The van der Waals surface area contributed by atoms with Gasteiger partial charge in [0, 0.05) is 38.6 Å². The van der Waals surface area contributed by atoms with Crippen molar-refractivity contribution in [2.24, 2.45) is 0 Å². The third kappa shape index (κ3) is 2.84. The molecule has 5 nitrogen and oxygen atoms in total. The number of carbonyl (C=O) groups excluding carboxylic acids is 1. The van der Waals surface area contributed by atoms with Crippen LogP contribution >= 0.6 is 0 Å². The van der Waals surface area contributed by atoms with Crippen molar-refractivity contribution in [3.05, 3.63) is 24.3 Å². The lowest BCUT2D eigenvalue weighted by atomic mass is 10.3. The summed E-state index contributed by atoms with van der Waals surface area (Å²) in [4.78, 5) is 24.2. The van der Waals surface area contributed by atoms with E-state index in [1.54, 1.807) is 18.5 Å². The van der Waals surface area contributed by atoms with Crippen molar-refractivity contribution in [1.29, 1.82) is 0 Å². The second-order valence-electron chi connectivity index (χ2n) is 4.07. The molecule has 1 aliphatic rings. The topological polar surface area (TPSA) is 49.3 Å². The first-order chi connectivity index (χ1) is 7.75. The fourth-order valence-electron chi connectivity index (χ4n) is 1.72. The number of hydrogen-bond acceptors (Lipinski definition) is 5. The molecule has 0 atom stereocenters. The minimum Gasteiger partial charge on any atom is -0.304 e. The molecule has 0 N–H and O–H groups in total. The van der Waals surface area contributed by atoms with E-state index in [-0.39, 0.29) is 5.78 Å². The summed E-state index contributed by atoms with van der Waals surface area (Å²) in [5, 5.41) is 0. The molecule has 0 unspecified atom stereocenters. The Morgan fingerprint density at radius 1 is 1.25 bits per heavy atom.